The molecule has 0 radical (unpaired) electrons. The first-order valence-electron chi connectivity index (χ1n) is 1.55. The van der Waals surface area contributed by atoms with Gasteiger partial charge in [-0.1, -0.05) is 0 Å². The van der Waals surface area contributed by atoms with Crippen LogP contribution in [0.3, 0.4) is 0 Å². The van der Waals surface area contributed by atoms with Crippen LogP contribution in [0.2, 0.25) is 0 Å². The first kappa shape index (κ1) is 18.3. The van der Waals surface area contributed by atoms with E-state index >= 15 is 0 Å². The van der Waals surface area contributed by atoms with Gasteiger partial charge >= 0.3 is 59.3 Å². The van der Waals surface area contributed by atoms with E-state index in [0.29, 0.717) is 0 Å². The summed E-state index contributed by atoms with van der Waals surface area (Å²) < 4.78 is 31.6. The Morgan fingerprint density at radius 1 is 1.09 bits per heavy atom. The van der Waals surface area contributed by atoms with Gasteiger partial charge in [-0.25, -0.2) is 0 Å². The summed E-state index contributed by atoms with van der Waals surface area (Å²) in [7, 11) is -9.78. The molecule has 0 saturated heterocycles. The zero-order valence-electron chi connectivity index (χ0n) is 5.04. The molecule has 0 rings (SSSR count). The van der Waals surface area contributed by atoms with Gasteiger partial charge in [-0.3, -0.25) is 9.11 Å². The van der Waals surface area contributed by atoms with Gasteiger partial charge in [0.25, 0.3) is 0 Å². The van der Waals surface area contributed by atoms with Crippen molar-refractivity contribution in [2.24, 2.45) is 0 Å². The zero-order chi connectivity index (χ0) is 9.00. The molecule has 0 bridgehead atoms. The largest absolute Gasteiger partial charge is 2.00 e. The Balaban J connectivity index is -0.000000107. The summed E-state index contributed by atoms with van der Waals surface area (Å²) in [6, 6.07) is 0. The van der Waals surface area contributed by atoms with E-state index in [1.54, 1.807) is 0 Å². The molecule has 0 atom stereocenters. The molecule has 0 aliphatic carbocycles. The van der Waals surface area contributed by atoms with Crippen molar-refractivity contribution >= 4 is 68.3 Å². The molecule has 0 aromatic heterocycles. The molecule has 0 unspecified atom stereocenters. The molecule has 11 heavy (non-hydrogen) atoms. The third-order valence-corrected chi connectivity index (χ3v) is 0. The smallest absolute Gasteiger partial charge is 0.828 e. The summed E-state index contributed by atoms with van der Waals surface area (Å²) in [5.74, 6) is 0. The van der Waals surface area contributed by atoms with Gasteiger partial charge in [-0.2, -0.15) is 8.42 Å². The van der Waals surface area contributed by atoms with Gasteiger partial charge in [0.15, 0.2) is 0 Å². The minimum absolute atomic E-state index is 0. The molecule has 0 aliphatic heterocycles. The molecule has 11 heteroatoms. The van der Waals surface area contributed by atoms with E-state index in [0.717, 1.165) is 0 Å². The number of rotatable bonds is 0. The molecule has 64 valence electrons. The summed E-state index contributed by atoms with van der Waals surface area (Å²) >= 11 is 0. The predicted molar refractivity (Wildman–Crippen MR) is 30.1 cm³/mol. The van der Waals surface area contributed by atoms with E-state index in [1.807, 2.05) is 0 Å². The Labute approximate surface area is 104 Å². The minimum Gasteiger partial charge on any atom is -0.828 e. The SMILES string of the molecule is O=S(=O)(O)O.[Ba+2].[O-][Si]([O-])(O)O. The average molecular weight is 330 g/mol. The molecule has 0 fully saturated rings. The fraction of sp³-hybridized carbons (Fsp3) is 0. The third kappa shape index (κ3) is 462. The summed E-state index contributed by atoms with van der Waals surface area (Å²) in [6.45, 7) is 0. The van der Waals surface area contributed by atoms with Crippen LogP contribution in [-0.4, -0.2) is 85.0 Å². The second-order valence-electron chi connectivity index (χ2n) is 0.996. The molecule has 4 N–H and O–H groups in total. The molecular formula is H4BaO8SSi. The zero-order valence-corrected chi connectivity index (χ0v) is 11.3. The molecule has 0 aliphatic rings. The summed E-state index contributed by atoms with van der Waals surface area (Å²) in [6.07, 6.45) is 0. The van der Waals surface area contributed by atoms with Crippen molar-refractivity contribution in [3.8, 4) is 0 Å². The van der Waals surface area contributed by atoms with Crippen LogP contribution in [-0.2, 0) is 10.4 Å². The number of hydrogen-bond donors (Lipinski definition) is 4. The molecule has 8 nitrogen and oxygen atoms in total. The van der Waals surface area contributed by atoms with Crippen LogP contribution >= 0.6 is 0 Å². The maximum Gasteiger partial charge on any atom is 2.00 e. The van der Waals surface area contributed by atoms with Crippen LogP contribution in [0.1, 0.15) is 0 Å². The fourth-order valence-electron chi connectivity index (χ4n) is 0. The first-order chi connectivity index (χ1) is 4.00. The van der Waals surface area contributed by atoms with Crippen LogP contribution in [0.15, 0.2) is 0 Å². The average Bonchev–Trinajstić information content (AvgIpc) is 1.12. The van der Waals surface area contributed by atoms with Crippen LogP contribution in [0.4, 0.5) is 0 Å². The fourth-order valence-corrected chi connectivity index (χ4v) is 0. The van der Waals surface area contributed by atoms with Crippen molar-refractivity contribution in [2.45, 2.75) is 0 Å². The van der Waals surface area contributed by atoms with E-state index in [9.17, 15) is 0 Å². The van der Waals surface area contributed by atoms with Crippen molar-refractivity contribution in [3.63, 3.8) is 0 Å². The predicted octanol–water partition coefficient (Wildman–Crippen LogP) is -4.91. The Bertz CT molecular complexity index is 149. The van der Waals surface area contributed by atoms with Crippen LogP contribution < -0.4 is 9.59 Å². The summed E-state index contributed by atoms with van der Waals surface area (Å²) in [5.41, 5.74) is 0. The molecule has 0 amide bonds. The molecule has 0 aromatic rings. The van der Waals surface area contributed by atoms with E-state index < -0.39 is 19.4 Å². The van der Waals surface area contributed by atoms with Crippen LogP contribution in [0.5, 0.6) is 0 Å². The third-order valence-electron chi connectivity index (χ3n) is 0. The van der Waals surface area contributed by atoms with Crippen molar-refractivity contribution in [1.82, 2.24) is 0 Å². The monoisotopic (exact) mass is 330 g/mol. The van der Waals surface area contributed by atoms with Crippen molar-refractivity contribution in [2.75, 3.05) is 0 Å². The van der Waals surface area contributed by atoms with Gasteiger partial charge in [0.2, 0.25) is 0 Å². The number of hydrogen-bond acceptors (Lipinski definition) is 6. The van der Waals surface area contributed by atoms with Gasteiger partial charge in [0, 0.05) is 0 Å². The molecule has 0 saturated carbocycles. The van der Waals surface area contributed by atoms with Crippen molar-refractivity contribution in [3.05, 3.63) is 0 Å². The topological polar surface area (TPSA) is 161 Å². The van der Waals surface area contributed by atoms with Gasteiger partial charge in [-0.15, -0.1) is 0 Å². The Morgan fingerprint density at radius 3 is 1.09 bits per heavy atom. The Hall–Kier alpha value is 1.50. The van der Waals surface area contributed by atoms with Gasteiger partial charge < -0.3 is 19.2 Å². The van der Waals surface area contributed by atoms with Crippen LogP contribution in [0, 0.1) is 0 Å². The minimum atomic E-state index is -5.11. The maximum atomic E-state index is 8.80. The quantitative estimate of drug-likeness (QED) is 0.254. The van der Waals surface area contributed by atoms with E-state index in [-0.39, 0.29) is 48.9 Å². The van der Waals surface area contributed by atoms with Crippen LogP contribution in [0.25, 0.3) is 0 Å². The first-order valence-corrected chi connectivity index (χ1v) is 4.66. The molecular weight excluding hydrogens is 325 g/mol. The maximum absolute atomic E-state index is 8.80. The van der Waals surface area contributed by atoms with E-state index in [1.165, 1.54) is 0 Å². The Morgan fingerprint density at radius 2 is 1.09 bits per heavy atom. The second kappa shape index (κ2) is 6.96. The van der Waals surface area contributed by atoms with Gasteiger partial charge in [-0.05, 0) is 0 Å². The Kier molecular flexibility index (Phi) is 11.6. The van der Waals surface area contributed by atoms with E-state index in [4.69, 9.17) is 36.7 Å². The molecule has 0 spiro atoms. The molecule has 0 aromatic carbocycles. The van der Waals surface area contributed by atoms with Gasteiger partial charge in [0.1, 0.15) is 9.05 Å². The standard InChI is InChI=1S/Ba.H2O4S.H2O4Si/c;2*1-5(2,3)4/h;(H2,1,2,3,4);1-2H/q+2;;-2. The second-order valence-corrected chi connectivity index (χ2v) is 2.99. The van der Waals surface area contributed by atoms with E-state index in [2.05, 4.69) is 0 Å². The summed E-state index contributed by atoms with van der Waals surface area (Å²) in [4.78, 5) is 31.8. The summed E-state index contributed by atoms with van der Waals surface area (Å²) in [5, 5.41) is 0. The normalized spacial score (nSPS) is 10.7. The molecule has 0 heterocycles. The van der Waals surface area contributed by atoms with Crippen molar-refractivity contribution < 1.29 is 36.7 Å². The van der Waals surface area contributed by atoms with Crippen molar-refractivity contribution in [1.29, 1.82) is 0 Å². The van der Waals surface area contributed by atoms with Gasteiger partial charge in [0.05, 0.1) is 0 Å².